The molecule has 0 spiro atoms. The Balaban J connectivity index is 1.69. The lowest BCUT2D eigenvalue weighted by molar-refractivity contribution is -0.278. The van der Waals surface area contributed by atoms with E-state index in [-0.39, 0.29) is 16.9 Å². The van der Waals surface area contributed by atoms with Crippen molar-refractivity contribution in [3.8, 4) is 34.3 Å². The molecule has 5 rings (SSSR count). The first kappa shape index (κ1) is 30.9. The summed E-state index contributed by atoms with van der Waals surface area (Å²) < 4.78 is 22.5. The Morgan fingerprint density at radius 2 is 1.35 bits per heavy atom. The standard InChI is InChI=1S/C27H30O16/c28-6-15-19(33)22(36)24(38)26(41-15)18-14(42-27-25(39)23(37)20(34)16(7-29)43-27)5-13-17(21(18)35)11(32)4-12(40-13)8-1-2-9(30)10(31)3-8/h1-5,15-16,19-20,22-31,33-39H,6-7H2/t15-,16+,19+,20-,22-,23-,24+,25-,26-,27+/m0/s1. The molecule has 234 valence electrons. The Hall–Kier alpha value is -3.55. The van der Waals surface area contributed by atoms with Crippen LogP contribution in [-0.2, 0) is 9.47 Å². The predicted octanol–water partition coefficient (Wildman–Crippen LogP) is -2.73. The third kappa shape index (κ3) is 5.38. The van der Waals surface area contributed by atoms with Gasteiger partial charge in [0.2, 0.25) is 6.29 Å². The third-order valence-electron chi connectivity index (χ3n) is 7.52. The van der Waals surface area contributed by atoms with Gasteiger partial charge in [-0.2, -0.15) is 0 Å². The quantitative estimate of drug-likeness (QED) is 0.126. The zero-order valence-corrected chi connectivity index (χ0v) is 22.0. The van der Waals surface area contributed by atoms with Crippen LogP contribution in [0.25, 0.3) is 22.3 Å². The Morgan fingerprint density at radius 1 is 0.721 bits per heavy atom. The molecular formula is C27H30O16. The van der Waals surface area contributed by atoms with E-state index >= 15 is 0 Å². The Labute approximate surface area is 241 Å². The Morgan fingerprint density at radius 3 is 1.98 bits per heavy atom. The number of benzene rings is 2. The molecule has 0 radical (unpaired) electrons. The minimum absolute atomic E-state index is 0.133. The summed E-state index contributed by atoms with van der Waals surface area (Å²) in [5, 5.41) is 112. The van der Waals surface area contributed by atoms with Crippen LogP contribution in [0.15, 0.2) is 39.5 Å². The SMILES string of the molecule is O=c1cc(-c2ccc(O)c(O)c2)oc2cc(O[C@@H]3O[C@H](CO)[C@H](O)[C@H](O)[C@@H]3O)c([C@@H]3O[C@@H](CO)[C@@H](O)[C@H](O)[C@H]3O)c(O)c12. The van der Waals surface area contributed by atoms with E-state index in [1.54, 1.807) is 0 Å². The summed E-state index contributed by atoms with van der Waals surface area (Å²) in [6, 6.07) is 5.56. The van der Waals surface area contributed by atoms with Crippen molar-refractivity contribution in [2.75, 3.05) is 13.2 Å². The molecule has 43 heavy (non-hydrogen) atoms. The van der Waals surface area contributed by atoms with Gasteiger partial charge in [0, 0.05) is 17.7 Å². The lowest BCUT2D eigenvalue weighted by Crippen LogP contribution is -2.60. The van der Waals surface area contributed by atoms with E-state index in [1.165, 1.54) is 6.07 Å². The number of aliphatic hydroxyl groups excluding tert-OH is 8. The molecule has 16 heteroatoms. The summed E-state index contributed by atoms with van der Waals surface area (Å²) in [5.41, 5.74) is -1.56. The largest absolute Gasteiger partial charge is 0.506 e. The lowest BCUT2D eigenvalue weighted by atomic mass is 9.89. The number of fused-ring (bicyclic) bond motifs is 1. The molecule has 1 aromatic heterocycles. The number of ether oxygens (including phenoxy) is 3. The van der Waals surface area contributed by atoms with Crippen LogP contribution >= 0.6 is 0 Å². The molecule has 11 N–H and O–H groups in total. The van der Waals surface area contributed by atoms with Gasteiger partial charge >= 0.3 is 0 Å². The van der Waals surface area contributed by atoms with Crippen LogP contribution in [0.2, 0.25) is 0 Å². The number of aromatic hydroxyl groups is 3. The normalized spacial score (nSPS) is 33.0. The summed E-state index contributed by atoms with van der Waals surface area (Å²) in [6.45, 7) is -1.63. The van der Waals surface area contributed by atoms with Gasteiger partial charge in [-0.05, 0) is 18.2 Å². The molecule has 0 saturated carbocycles. The molecular weight excluding hydrogens is 580 g/mol. The van der Waals surface area contributed by atoms with E-state index in [1.807, 2.05) is 0 Å². The van der Waals surface area contributed by atoms with Gasteiger partial charge in [-0.25, -0.2) is 0 Å². The minimum atomic E-state index is -1.97. The average Bonchev–Trinajstić information content (AvgIpc) is 2.98. The van der Waals surface area contributed by atoms with Gasteiger partial charge in [0.1, 0.15) is 83.2 Å². The molecule has 2 aliphatic heterocycles. The first-order valence-corrected chi connectivity index (χ1v) is 13.0. The van der Waals surface area contributed by atoms with Crippen LogP contribution in [0.5, 0.6) is 23.0 Å². The summed E-state index contributed by atoms with van der Waals surface area (Å²) >= 11 is 0. The van der Waals surface area contributed by atoms with E-state index in [0.29, 0.717) is 0 Å². The van der Waals surface area contributed by atoms with Gasteiger partial charge in [-0.3, -0.25) is 4.79 Å². The first-order chi connectivity index (χ1) is 20.4. The molecule has 3 heterocycles. The number of hydrogen-bond donors (Lipinski definition) is 11. The van der Waals surface area contributed by atoms with Crippen LogP contribution in [-0.4, -0.2) is 125 Å². The Bertz CT molecular complexity index is 1540. The van der Waals surface area contributed by atoms with Gasteiger partial charge < -0.3 is 74.8 Å². The van der Waals surface area contributed by atoms with Gasteiger partial charge in [0.25, 0.3) is 0 Å². The maximum Gasteiger partial charge on any atom is 0.229 e. The average molecular weight is 611 g/mol. The monoisotopic (exact) mass is 610 g/mol. The van der Waals surface area contributed by atoms with Crippen molar-refractivity contribution < 1.29 is 74.8 Å². The molecule has 0 unspecified atom stereocenters. The highest BCUT2D eigenvalue weighted by Crippen LogP contribution is 2.46. The summed E-state index contributed by atoms with van der Waals surface area (Å²) in [6.07, 6.45) is -17.6. The van der Waals surface area contributed by atoms with Crippen molar-refractivity contribution in [2.24, 2.45) is 0 Å². The van der Waals surface area contributed by atoms with Crippen molar-refractivity contribution >= 4 is 11.0 Å². The molecule has 16 nitrogen and oxygen atoms in total. The topological polar surface area (TPSA) is 280 Å². The van der Waals surface area contributed by atoms with Crippen molar-refractivity contribution in [3.63, 3.8) is 0 Å². The molecule has 3 aromatic rings. The molecule has 0 aliphatic carbocycles. The third-order valence-corrected chi connectivity index (χ3v) is 7.52. The molecule has 2 saturated heterocycles. The van der Waals surface area contributed by atoms with Crippen molar-refractivity contribution in [1.82, 2.24) is 0 Å². The number of rotatable bonds is 6. The molecule has 2 fully saturated rings. The highest BCUT2D eigenvalue weighted by molar-refractivity contribution is 5.88. The van der Waals surface area contributed by atoms with Crippen LogP contribution in [0.4, 0.5) is 0 Å². The second-order valence-corrected chi connectivity index (χ2v) is 10.3. The zero-order chi connectivity index (χ0) is 31.3. The minimum Gasteiger partial charge on any atom is -0.506 e. The lowest BCUT2D eigenvalue weighted by Gasteiger charge is -2.42. The maximum absolute atomic E-state index is 13.3. The molecule has 2 aromatic carbocycles. The maximum atomic E-state index is 13.3. The zero-order valence-electron chi connectivity index (χ0n) is 22.0. The fraction of sp³-hybridized carbons (Fsp3) is 0.444. The second kappa shape index (κ2) is 11.9. The smallest absolute Gasteiger partial charge is 0.229 e. The molecule has 2 aliphatic rings. The highest BCUT2D eigenvalue weighted by Gasteiger charge is 2.48. The predicted molar refractivity (Wildman–Crippen MR) is 140 cm³/mol. The van der Waals surface area contributed by atoms with Crippen LogP contribution < -0.4 is 10.2 Å². The number of phenolic OH excluding ortho intramolecular Hbond substituents is 3. The summed E-state index contributed by atoms with van der Waals surface area (Å²) in [5.74, 6) is -2.49. The summed E-state index contributed by atoms with van der Waals surface area (Å²) in [4.78, 5) is 13.3. The van der Waals surface area contributed by atoms with E-state index in [9.17, 15) is 61.0 Å². The van der Waals surface area contributed by atoms with E-state index < -0.39 is 114 Å². The molecule has 0 amide bonds. The van der Waals surface area contributed by atoms with Gasteiger partial charge in [-0.1, -0.05) is 0 Å². The van der Waals surface area contributed by atoms with Crippen molar-refractivity contribution in [2.45, 2.75) is 61.2 Å². The first-order valence-electron chi connectivity index (χ1n) is 13.0. The number of hydrogen-bond acceptors (Lipinski definition) is 16. The Kier molecular flexibility index (Phi) is 8.52. The number of aliphatic hydroxyl groups is 8. The molecule has 0 bridgehead atoms. The highest BCUT2D eigenvalue weighted by atomic mass is 16.7. The number of phenols is 3. The van der Waals surface area contributed by atoms with Gasteiger partial charge in [0.15, 0.2) is 16.9 Å². The molecule has 10 atom stereocenters. The van der Waals surface area contributed by atoms with Gasteiger partial charge in [-0.15, -0.1) is 0 Å². The van der Waals surface area contributed by atoms with E-state index in [0.717, 1.165) is 24.3 Å². The van der Waals surface area contributed by atoms with Crippen LogP contribution in [0, 0.1) is 0 Å². The van der Waals surface area contributed by atoms with Crippen molar-refractivity contribution in [3.05, 3.63) is 46.1 Å². The second-order valence-electron chi connectivity index (χ2n) is 10.3. The van der Waals surface area contributed by atoms with E-state index in [4.69, 9.17) is 18.6 Å². The summed E-state index contributed by atoms with van der Waals surface area (Å²) in [7, 11) is 0. The van der Waals surface area contributed by atoms with E-state index in [2.05, 4.69) is 0 Å². The van der Waals surface area contributed by atoms with Crippen LogP contribution in [0.1, 0.15) is 11.7 Å². The fourth-order valence-corrected chi connectivity index (χ4v) is 5.12. The van der Waals surface area contributed by atoms with Crippen molar-refractivity contribution in [1.29, 1.82) is 0 Å². The fourth-order valence-electron chi connectivity index (χ4n) is 5.12. The van der Waals surface area contributed by atoms with Crippen LogP contribution in [0.3, 0.4) is 0 Å². The van der Waals surface area contributed by atoms with Gasteiger partial charge in [0.05, 0.1) is 18.8 Å².